The number of carbonyl (C=O) groups is 2. The average molecular weight is 428 g/mol. The number of halogens is 1. The van der Waals surface area contributed by atoms with Crippen LogP contribution < -0.4 is 5.76 Å². The van der Waals surface area contributed by atoms with Crippen molar-refractivity contribution in [3.63, 3.8) is 0 Å². The standard InChI is InChI=1S/C22H22ClN3O4/c23-17-7-2-1-6-16(17)21(28)25-14-12-24(13-15-25)20(27)10-5-11-26-18-8-3-4-9-19(18)30-22(26)29/h1-4,6-9H,5,10-15H2. The van der Waals surface area contributed by atoms with Gasteiger partial charge in [-0.2, -0.15) is 0 Å². The van der Waals surface area contributed by atoms with Gasteiger partial charge in [-0.1, -0.05) is 35.9 Å². The molecule has 2 aromatic carbocycles. The van der Waals surface area contributed by atoms with Gasteiger partial charge in [-0.25, -0.2) is 4.79 Å². The molecule has 0 radical (unpaired) electrons. The molecule has 1 aliphatic heterocycles. The Morgan fingerprint density at radius 2 is 1.60 bits per heavy atom. The molecule has 2 heterocycles. The Morgan fingerprint density at radius 1 is 0.933 bits per heavy atom. The lowest BCUT2D eigenvalue weighted by Gasteiger charge is -2.35. The first-order valence-corrected chi connectivity index (χ1v) is 10.3. The lowest BCUT2D eigenvalue weighted by Crippen LogP contribution is -2.50. The summed E-state index contributed by atoms with van der Waals surface area (Å²) in [5.41, 5.74) is 1.77. The Morgan fingerprint density at radius 3 is 2.37 bits per heavy atom. The number of para-hydroxylation sites is 2. The van der Waals surface area contributed by atoms with Crippen LogP contribution in [0.15, 0.2) is 57.7 Å². The van der Waals surface area contributed by atoms with Crippen molar-refractivity contribution in [1.29, 1.82) is 0 Å². The molecule has 8 heteroatoms. The van der Waals surface area contributed by atoms with Crippen molar-refractivity contribution in [3.8, 4) is 0 Å². The second-order valence-electron chi connectivity index (χ2n) is 7.24. The zero-order chi connectivity index (χ0) is 21.1. The molecule has 7 nitrogen and oxygen atoms in total. The van der Waals surface area contributed by atoms with E-state index in [2.05, 4.69) is 0 Å². The van der Waals surface area contributed by atoms with Gasteiger partial charge < -0.3 is 14.2 Å². The number of rotatable bonds is 5. The summed E-state index contributed by atoms with van der Waals surface area (Å²) < 4.78 is 6.78. The molecule has 1 aliphatic rings. The summed E-state index contributed by atoms with van der Waals surface area (Å²) in [5, 5.41) is 0.433. The minimum atomic E-state index is -0.407. The molecule has 0 spiro atoms. The normalized spacial score (nSPS) is 14.3. The van der Waals surface area contributed by atoms with Crippen LogP contribution in [0.3, 0.4) is 0 Å². The molecule has 30 heavy (non-hydrogen) atoms. The van der Waals surface area contributed by atoms with Crippen molar-refractivity contribution in [3.05, 3.63) is 69.7 Å². The summed E-state index contributed by atoms with van der Waals surface area (Å²) >= 11 is 6.12. The minimum Gasteiger partial charge on any atom is -0.408 e. The number of carbonyl (C=O) groups excluding carboxylic acids is 2. The van der Waals surface area contributed by atoms with Crippen LogP contribution in [-0.4, -0.2) is 52.4 Å². The average Bonchev–Trinajstić information content (AvgIpc) is 3.09. The van der Waals surface area contributed by atoms with Gasteiger partial charge in [0.1, 0.15) is 0 Å². The van der Waals surface area contributed by atoms with Crippen LogP contribution in [0.1, 0.15) is 23.2 Å². The molecule has 1 fully saturated rings. The fourth-order valence-corrected chi connectivity index (χ4v) is 3.95. The van der Waals surface area contributed by atoms with E-state index in [-0.39, 0.29) is 11.8 Å². The largest absolute Gasteiger partial charge is 0.419 e. The summed E-state index contributed by atoms with van der Waals surface area (Å²) in [4.78, 5) is 40.7. The van der Waals surface area contributed by atoms with E-state index in [9.17, 15) is 14.4 Å². The molecular formula is C22H22ClN3O4. The highest BCUT2D eigenvalue weighted by Crippen LogP contribution is 2.18. The molecule has 0 saturated carbocycles. The van der Waals surface area contributed by atoms with E-state index in [1.165, 1.54) is 0 Å². The van der Waals surface area contributed by atoms with Gasteiger partial charge in [0, 0.05) is 39.1 Å². The van der Waals surface area contributed by atoms with Crippen molar-refractivity contribution in [2.75, 3.05) is 26.2 Å². The highest BCUT2D eigenvalue weighted by Gasteiger charge is 2.25. The third-order valence-electron chi connectivity index (χ3n) is 5.37. The van der Waals surface area contributed by atoms with Crippen molar-refractivity contribution >= 4 is 34.5 Å². The molecule has 1 saturated heterocycles. The molecule has 156 valence electrons. The zero-order valence-corrected chi connectivity index (χ0v) is 17.2. The SMILES string of the molecule is O=C(CCCn1c(=O)oc2ccccc21)N1CCN(C(=O)c2ccccc2Cl)CC1. The van der Waals surface area contributed by atoms with E-state index in [0.29, 0.717) is 61.7 Å². The monoisotopic (exact) mass is 427 g/mol. The second-order valence-corrected chi connectivity index (χ2v) is 7.65. The maximum Gasteiger partial charge on any atom is 0.419 e. The van der Waals surface area contributed by atoms with Crippen LogP contribution in [0.4, 0.5) is 0 Å². The van der Waals surface area contributed by atoms with Gasteiger partial charge in [-0.3, -0.25) is 14.2 Å². The van der Waals surface area contributed by atoms with Gasteiger partial charge in [0.15, 0.2) is 5.58 Å². The van der Waals surface area contributed by atoms with Gasteiger partial charge in [0.2, 0.25) is 5.91 Å². The van der Waals surface area contributed by atoms with Crippen LogP contribution in [0.25, 0.3) is 11.1 Å². The van der Waals surface area contributed by atoms with E-state index < -0.39 is 5.76 Å². The van der Waals surface area contributed by atoms with Crippen LogP contribution in [0.2, 0.25) is 5.02 Å². The topological polar surface area (TPSA) is 75.8 Å². The number of hydrogen-bond acceptors (Lipinski definition) is 4. The van der Waals surface area contributed by atoms with E-state index in [1.54, 1.807) is 44.7 Å². The highest BCUT2D eigenvalue weighted by molar-refractivity contribution is 6.33. The van der Waals surface area contributed by atoms with Gasteiger partial charge in [-0.05, 0) is 30.7 Å². The number of fused-ring (bicyclic) bond motifs is 1. The van der Waals surface area contributed by atoms with Crippen molar-refractivity contribution < 1.29 is 14.0 Å². The highest BCUT2D eigenvalue weighted by atomic mass is 35.5. The molecule has 3 aromatic rings. The van der Waals surface area contributed by atoms with E-state index in [4.69, 9.17) is 16.0 Å². The Bertz CT molecular complexity index is 1130. The Kier molecular flexibility index (Phi) is 5.90. The lowest BCUT2D eigenvalue weighted by atomic mass is 10.1. The molecule has 0 aliphatic carbocycles. The van der Waals surface area contributed by atoms with Crippen LogP contribution in [-0.2, 0) is 11.3 Å². The zero-order valence-electron chi connectivity index (χ0n) is 16.4. The van der Waals surface area contributed by atoms with E-state index in [1.807, 2.05) is 18.2 Å². The van der Waals surface area contributed by atoms with E-state index >= 15 is 0 Å². The molecule has 0 atom stereocenters. The number of aromatic nitrogens is 1. The predicted molar refractivity (Wildman–Crippen MR) is 114 cm³/mol. The van der Waals surface area contributed by atoms with Crippen LogP contribution >= 0.6 is 11.6 Å². The fourth-order valence-electron chi connectivity index (χ4n) is 3.74. The molecule has 0 N–H and O–H groups in total. The number of benzene rings is 2. The summed E-state index contributed by atoms with van der Waals surface area (Å²) in [5.74, 6) is -0.491. The number of amides is 2. The first-order chi connectivity index (χ1) is 14.5. The molecule has 1 aromatic heterocycles. The number of hydrogen-bond donors (Lipinski definition) is 0. The maximum atomic E-state index is 12.6. The Hall–Kier alpha value is -3.06. The first-order valence-electron chi connectivity index (χ1n) is 9.94. The van der Waals surface area contributed by atoms with Crippen molar-refractivity contribution in [2.24, 2.45) is 0 Å². The number of oxazole rings is 1. The molecule has 0 bridgehead atoms. The van der Waals surface area contributed by atoms with Crippen molar-refractivity contribution in [2.45, 2.75) is 19.4 Å². The summed E-state index contributed by atoms with van der Waals surface area (Å²) in [7, 11) is 0. The number of nitrogens with zero attached hydrogens (tertiary/aromatic N) is 3. The van der Waals surface area contributed by atoms with Gasteiger partial charge in [-0.15, -0.1) is 0 Å². The second kappa shape index (κ2) is 8.75. The molecule has 4 rings (SSSR count). The fraction of sp³-hybridized carbons (Fsp3) is 0.318. The predicted octanol–water partition coefficient (Wildman–Crippen LogP) is 3.01. The maximum absolute atomic E-state index is 12.6. The first kappa shape index (κ1) is 20.2. The number of aryl methyl sites for hydroxylation is 1. The molecule has 0 unspecified atom stereocenters. The van der Waals surface area contributed by atoms with Crippen LogP contribution in [0.5, 0.6) is 0 Å². The summed E-state index contributed by atoms with van der Waals surface area (Å²) in [6.07, 6.45) is 0.880. The van der Waals surface area contributed by atoms with Gasteiger partial charge in [0.05, 0.1) is 16.1 Å². The Balaban J connectivity index is 1.28. The quantitative estimate of drug-likeness (QED) is 0.627. The van der Waals surface area contributed by atoms with Crippen LogP contribution in [0, 0.1) is 0 Å². The summed E-state index contributed by atoms with van der Waals surface area (Å²) in [6, 6.07) is 14.2. The van der Waals surface area contributed by atoms with E-state index in [0.717, 1.165) is 5.52 Å². The summed E-state index contributed by atoms with van der Waals surface area (Å²) in [6.45, 7) is 2.35. The van der Waals surface area contributed by atoms with Gasteiger partial charge in [0.25, 0.3) is 5.91 Å². The smallest absolute Gasteiger partial charge is 0.408 e. The number of piperazine rings is 1. The molecular weight excluding hydrogens is 406 g/mol. The van der Waals surface area contributed by atoms with Crippen molar-refractivity contribution in [1.82, 2.24) is 14.4 Å². The van der Waals surface area contributed by atoms with Gasteiger partial charge >= 0.3 is 5.76 Å². The Labute approximate surface area is 178 Å². The molecule has 2 amide bonds. The third-order valence-corrected chi connectivity index (χ3v) is 5.70. The lowest BCUT2D eigenvalue weighted by molar-refractivity contribution is -0.132. The third kappa shape index (κ3) is 4.11. The minimum absolute atomic E-state index is 0.0284.